The smallest absolute Gasteiger partial charge is 0.410 e. The molecule has 2 aromatic carbocycles. The Morgan fingerprint density at radius 1 is 0.903 bits per heavy atom. The highest BCUT2D eigenvalue weighted by Crippen LogP contribution is 2.32. The van der Waals surface area contributed by atoms with Crippen molar-refractivity contribution in [1.29, 1.82) is 0 Å². The van der Waals surface area contributed by atoms with Crippen molar-refractivity contribution in [2.75, 3.05) is 20.2 Å². The van der Waals surface area contributed by atoms with Gasteiger partial charge in [0.05, 0.1) is 0 Å². The van der Waals surface area contributed by atoms with Gasteiger partial charge in [-0.2, -0.15) is 0 Å². The monoisotopic (exact) mass is 423 g/mol. The molecule has 0 unspecified atom stereocenters. The van der Waals surface area contributed by atoms with Crippen molar-refractivity contribution in [3.05, 3.63) is 71.3 Å². The van der Waals surface area contributed by atoms with Crippen LogP contribution in [0.1, 0.15) is 59.5 Å². The van der Waals surface area contributed by atoms with Crippen molar-refractivity contribution in [2.45, 2.75) is 44.6 Å². The lowest BCUT2D eigenvalue weighted by molar-refractivity contribution is -0.143. The van der Waals surface area contributed by atoms with E-state index in [1.54, 1.807) is 12.1 Å². The quantitative estimate of drug-likeness (QED) is 0.453. The summed E-state index contributed by atoms with van der Waals surface area (Å²) in [5, 5.41) is 0. The molecule has 31 heavy (non-hydrogen) atoms. The molecule has 0 aliphatic heterocycles. The molecule has 1 aliphatic rings. The van der Waals surface area contributed by atoms with Crippen molar-refractivity contribution < 1.29 is 23.9 Å². The minimum Gasteiger partial charge on any atom is -0.456 e. The first-order valence-corrected chi connectivity index (χ1v) is 10.7. The van der Waals surface area contributed by atoms with Crippen LogP contribution in [0.2, 0.25) is 0 Å². The van der Waals surface area contributed by atoms with Gasteiger partial charge in [-0.3, -0.25) is 9.59 Å². The van der Waals surface area contributed by atoms with Crippen LogP contribution in [-0.4, -0.2) is 42.9 Å². The lowest BCUT2D eigenvalue weighted by Gasteiger charge is -2.22. The van der Waals surface area contributed by atoms with Crippen LogP contribution in [0.4, 0.5) is 4.79 Å². The first-order chi connectivity index (χ1) is 15.0. The Kier molecular flexibility index (Phi) is 8.21. The minimum absolute atomic E-state index is 0.119. The van der Waals surface area contributed by atoms with E-state index in [1.165, 1.54) is 44.7 Å². The van der Waals surface area contributed by atoms with Gasteiger partial charge in [-0.05, 0) is 29.9 Å². The number of amides is 1. The molecule has 0 N–H and O–H groups in total. The number of hydrogen-bond donors (Lipinski definition) is 0. The van der Waals surface area contributed by atoms with Gasteiger partial charge in [0.15, 0.2) is 12.4 Å². The molecule has 6 nitrogen and oxygen atoms in total. The lowest BCUT2D eigenvalue weighted by atomic mass is 9.84. The summed E-state index contributed by atoms with van der Waals surface area (Å²) in [4.78, 5) is 37.5. The maximum atomic E-state index is 12.3. The Morgan fingerprint density at radius 3 is 2.26 bits per heavy atom. The second-order valence-electron chi connectivity index (χ2n) is 7.94. The molecule has 0 spiro atoms. The molecule has 3 rings (SSSR count). The molecule has 1 fully saturated rings. The fourth-order valence-corrected chi connectivity index (χ4v) is 3.74. The standard InChI is InChI=1S/C25H29NO5/c1-26(25(29)31-17-19-8-4-2-5-9-19)16-24(28)30-18-23(27)22-14-12-21(13-15-22)20-10-6-3-7-11-20/h2,4-5,8-9,12-15,20H,3,6-7,10-11,16-18H2,1H3. The predicted molar refractivity (Wildman–Crippen MR) is 117 cm³/mol. The minimum atomic E-state index is -0.661. The molecule has 0 radical (unpaired) electrons. The van der Waals surface area contributed by atoms with E-state index in [2.05, 4.69) is 0 Å². The SMILES string of the molecule is CN(CC(=O)OCC(=O)c1ccc(C2CCCCC2)cc1)C(=O)OCc1ccccc1. The highest BCUT2D eigenvalue weighted by molar-refractivity contribution is 5.98. The van der Waals surface area contributed by atoms with Gasteiger partial charge in [-0.25, -0.2) is 4.79 Å². The number of hydrogen-bond acceptors (Lipinski definition) is 5. The van der Waals surface area contributed by atoms with Crippen LogP contribution < -0.4 is 0 Å². The lowest BCUT2D eigenvalue weighted by Crippen LogP contribution is -2.34. The maximum absolute atomic E-state index is 12.3. The molecule has 1 saturated carbocycles. The first-order valence-electron chi connectivity index (χ1n) is 10.7. The van der Waals surface area contributed by atoms with Gasteiger partial charge in [0.25, 0.3) is 0 Å². The molecule has 0 atom stereocenters. The number of carbonyl (C=O) groups excluding carboxylic acids is 3. The number of esters is 1. The van der Waals surface area contributed by atoms with Gasteiger partial charge in [-0.15, -0.1) is 0 Å². The molecule has 2 aromatic rings. The van der Waals surface area contributed by atoms with Crippen molar-refractivity contribution in [3.8, 4) is 0 Å². The van der Waals surface area contributed by atoms with Crippen LogP contribution in [0, 0.1) is 0 Å². The van der Waals surface area contributed by atoms with Crippen molar-refractivity contribution >= 4 is 17.8 Å². The maximum Gasteiger partial charge on any atom is 0.410 e. The summed E-state index contributed by atoms with van der Waals surface area (Å²) in [6.07, 6.45) is 5.59. The summed E-state index contributed by atoms with van der Waals surface area (Å²) in [5.74, 6) is -0.350. The Bertz CT molecular complexity index is 873. The number of benzene rings is 2. The van der Waals surface area contributed by atoms with E-state index in [0.717, 1.165) is 10.5 Å². The fraction of sp³-hybridized carbons (Fsp3) is 0.400. The van der Waals surface area contributed by atoms with E-state index < -0.39 is 12.1 Å². The number of rotatable bonds is 8. The number of ether oxygens (including phenoxy) is 2. The average Bonchev–Trinajstić information content (AvgIpc) is 2.82. The molecule has 0 aromatic heterocycles. The van der Waals surface area contributed by atoms with Crippen LogP contribution in [0.5, 0.6) is 0 Å². The summed E-state index contributed by atoms with van der Waals surface area (Å²) in [6, 6.07) is 16.9. The topological polar surface area (TPSA) is 72.9 Å². The van der Waals surface area contributed by atoms with E-state index in [4.69, 9.17) is 9.47 Å². The van der Waals surface area contributed by atoms with Crippen LogP contribution in [0.3, 0.4) is 0 Å². The van der Waals surface area contributed by atoms with Gasteiger partial charge in [0.1, 0.15) is 13.2 Å². The average molecular weight is 424 g/mol. The third-order valence-corrected chi connectivity index (χ3v) is 5.56. The Hall–Kier alpha value is -3.15. The normalized spacial score (nSPS) is 14.0. The molecule has 6 heteroatoms. The van der Waals surface area contributed by atoms with Gasteiger partial charge in [0, 0.05) is 12.6 Å². The summed E-state index contributed by atoms with van der Waals surface area (Å²) < 4.78 is 10.2. The number of likely N-dealkylation sites (N-methyl/N-ethyl adjacent to an activating group) is 1. The summed E-state index contributed by atoms with van der Waals surface area (Å²) in [5.41, 5.74) is 2.64. The molecule has 0 saturated heterocycles. The number of nitrogens with zero attached hydrogens (tertiary/aromatic N) is 1. The molecule has 0 bridgehead atoms. The molecule has 1 aliphatic carbocycles. The van der Waals surface area contributed by atoms with Crippen LogP contribution in [-0.2, 0) is 20.9 Å². The zero-order chi connectivity index (χ0) is 22.1. The number of Topliss-reactive ketones (excluding diaryl/α,β-unsaturated/α-hetero) is 1. The van der Waals surface area contributed by atoms with E-state index in [9.17, 15) is 14.4 Å². The van der Waals surface area contributed by atoms with Crippen LogP contribution >= 0.6 is 0 Å². The molecular formula is C25H29NO5. The van der Waals surface area contributed by atoms with Gasteiger partial charge in [0.2, 0.25) is 0 Å². The molecule has 164 valence electrons. The van der Waals surface area contributed by atoms with Crippen molar-refractivity contribution in [2.24, 2.45) is 0 Å². The summed E-state index contributed by atoms with van der Waals surface area (Å²) >= 11 is 0. The van der Waals surface area contributed by atoms with Crippen LogP contribution in [0.25, 0.3) is 0 Å². The van der Waals surface area contributed by atoms with Crippen molar-refractivity contribution in [3.63, 3.8) is 0 Å². The van der Waals surface area contributed by atoms with E-state index >= 15 is 0 Å². The number of carbonyl (C=O) groups is 3. The molecular weight excluding hydrogens is 394 g/mol. The third kappa shape index (κ3) is 6.95. The van der Waals surface area contributed by atoms with Crippen molar-refractivity contribution in [1.82, 2.24) is 4.90 Å². The Balaban J connectivity index is 1.40. The van der Waals surface area contributed by atoms with E-state index in [0.29, 0.717) is 11.5 Å². The molecule has 1 amide bonds. The zero-order valence-corrected chi connectivity index (χ0v) is 17.9. The zero-order valence-electron chi connectivity index (χ0n) is 17.9. The highest BCUT2D eigenvalue weighted by Gasteiger charge is 2.18. The largest absolute Gasteiger partial charge is 0.456 e. The second-order valence-corrected chi connectivity index (χ2v) is 7.94. The fourth-order valence-electron chi connectivity index (χ4n) is 3.74. The Labute approximate surface area is 183 Å². The first kappa shape index (κ1) is 22.5. The highest BCUT2D eigenvalue weighted by atomic mass is 16.6. The van der Waals surface area contributed by atoms with E-state index in [-0.39, 0.29) is 25.5 Å². The second kappa shape index (κ2) is 11.3. The number of ketones is 1. The predicted octanol–water partition coefficient (Wildman–Crippen LogP) is 4.73. The summed E-state index contributed by atoms with van der Waals surface area (Å²) in [6.45, 7) is -0.523. The van der Waals surface area contributed by atoms with Crippen LogP contribution in [0.15, 0.2) is 54.6 Å². The van der Waals surface area contributed by atoms with Gasteiger partial charge < -0.3 is 14.4 Å². The van der Waals surface area contributed by atoms with Gasteiger partial charge >= 0.3 is 12.1 Å². The molecule has 0 heterocycles. The van der Waals surface area contributed by atoms with Gasteiger partial charge in [-0.1, -0.05) is 73.9 Å². The Morgan fingerprint density at radius 2 is 1.58 bits per heavy atom. The van der Waals surface area contributed by atoms with E-state index in [1.807, 2.05) is 42.5 Å². The third-order valence-electron chi connectivity index (χ3n) is 5.56. The summed E-state index contributed by atoms with van der Waals surface area (Å²) in [7, 11) is 1.44.